The largest absolute Gasteiger partial charge is 0.397 e. The van der Waals surface area contributed by atoms with Crippen LogP contribution in [-0.4, -0.2) is 11.5 Å². The van der Waals surface area contributed by atoms with E-state index >= 15 is 0 Å². The van der Waals surface area contributed by atoms with Crippen LogP contribution in [0.25, 0.3) is 16.5 Å². The van der Waals surface area contributed by atoms with E-state index in [1.165, 1.54) is 6.20 Å². The van der Waals surface area contributed by atoms with Gasteiger partial charge >= 0.3 is 0 Å². The Bertz CT molecular complexity index is 409. The maximum absolute atomic E-state index is 8.04. The van der Waals surface area contributed by atoms with Crippen LogP contribution in [0.5, 0.6) is 0 Å². The Morgan fingerprint density at radius 2 is 2.47 bits per heavy atom. The van der Waals surface area contributed by atoms with Gasteiger partial charge in [-0.05, 0) is 24.1 Å². The molecule has 0 aliphatic rings. The fourth-order valence-electron chi connectivity index (χ4n) is 0.977. The molecule has 2 N–H and O–H groups in total. The molecule has 1 aromatic rings. The number of azide groups is 1. The van der Waals surface area contributed by atoms with Crippen molar-refractivity contribution in [3.8, 4) is 0 Å². The Hall–Kier alpha value is -1.71. The summed E-state index contributed by atoms with van der Waals surface area (Å²) in [5.74, 6) is 0. The van der Waals surface area contributed by atoms with Gasteiger partial charge in [0.05, 0.1) is 16.4 Å². The summed E-state index contributed by atoms with van der Waals surface area (Å²) in [5.41, 5.74) is 14.9. The van der Waals surface area contributed by atoms with Gasteiger partial charge in [-0.1, -0.05) is 22.8 Å². The minimum atomic E-state index is 0.431. The van der Waals surface area contributed by atoms with Gasteiger partial charge in [0.2, 0.25) is 0 Å². The van der Waals surface area contributed by atoms with Gasteiger partial charge in [-0.3, -0.25) is 4.98 Å². The molecule has 0 aromatic carbocycles. The van der Waals surface area contributed by atoms with Gasteiger partial charge in [0.25, 0.3) is 0 Å². The predicted molar refractivity (Wildman–Crippen MR) is 61.3 cm³/mol. The molecule has 0 amide bonds. The Morgan fingerprint density at radius 3 is 3.13 bits per heavy atom. The second-order valence-corrected chi connectivity index (χ2v) is 3.21. The highest BCUT2D eigenvalue weighted by Gasteiger charge is 1.96. The van der Waals surface area contributed by atoms with Gasteiger partial charge in [-0.15, -0.1) is 0 Å². The summed E-state index contributed by atoms with van der Waals surface area (Å²) >= 11 is 5.70. The van der Waals surface area contributed by atoms with Gasteiger partial charge in [0, 0.05) is 17.7 Å². The Kier molecular flexibility index (Phi) is 4.47. The van der Waals surface area contributed by atoms with Gasteiger partial charge in [0.1, 0.15) is 0 Å². The first-order valence-corrected chi connectivity index (χ1v) is 4.70. The third-order valence-corrected chi connectivity index (χ3v) is 1.86. The van der Waals surface area contributed by atoms with E-state index in [0.717, 1.165) is 0 Å². The summed E-state index contributed by atoms with van der Waals surface area (Å²) in [6, 6.07) is 1.64. The number of aromatic nitrogens is 1. The second-order valence-electron chi connectivity index (χ2n) is 2.77. The SMILES string of the molecule is [N-]=[N+]=NCCC=Cc1ncc(Cl)cc1N. The summed E-state index contributed by atoms with van der Waals surface area (Å²) in [7, 11) is 0. The van der Waals surface area contributed by atoms with E-state index < -0.39 is 0 Å². The quantitative estimate of drug-likeness (QED) is 0.368. The molecule has 0 fully saturated rings. The van der Waals surface area contributed by atoms with Crippen molar-refractivity contribution < 1.29 is 0 Å². The van der Waals surface area contributed by atoms with Crippen molar-refractivity contribution in [1.29, 1.82) is 0 Å². The molecule has 0 unspecified atom stereocenters. The van der Waals surface area contributed by atoms with Crippen molar-refractivity contribution >= 4 is 23.4 Å². The third-order valence-electron chi connectivity index (χ3n) is 1.65. The lowest BCUT2D eigenvalue weighted by molar-refractivity contribution is 0.995. The third kappa shape index (κ3) is 3.89. The van der Waals surface area contributed by atoms with Crippen LogP contribution in [0.4, 0.5) is 5.69 Å². The lowest BCUT2D eigenvalue weighted by atomic mass is 10.2. The number of anilines is 1. The van der Waals surface area contributed by atoms with Crippen LogP contribution in [-0.2, 0) is 0 Å². The van der Waals surface area contributed by atoms with Crippen molar-refractivity contribution in [3.05, 3.63) is 39.5 Å². The molecule has 0 saturated heterocycles. The molecule has 0 radical (unpaired) electrons. The molecule has 1 aromatic heterocycles. The monoisotopic (exact) mass is 223 g/mol. The topological polar surface area (TPSA) is 87.7 Å². The number of pyridine rings is 1. The minimum absolute atomic E-state index is 0.431. The summed E-state index contributed by atoms with van der Waals surface area (Å²) in [4.78, 5) is 6.69. The first-order chi connectivity index (χ1) is 7.24. The van der Waals surface area contributed by atoms with E-state index in [1.807, 2.05) is 6.08 Å². The van der Waals surface area contributed by atoms with E-state index in [0.29, 0.717) is 29.4 Å². The molecule has 0 atom stereocenters. The Morgan fingerprint density at radius 1 is 1.67 bits per heavy atom. The first kappa shape index (κ1) is 11.4. The highest BCUT2D eigenvalue weighted by molar-refractivity contribution is 6.30. The standard InChI is InChI=1S/C9H10ClN5/c10-7-5-8(11)9(13-6-7)3-1-2-4-14-15-12/h1,3,5-6H,2,4,11H2. The van der Waals surface area contributed by atoms with Gasteiger partial charge in [0.15, 0.2) is 0 Å². The van der Waals surface area contributed by atoms with E-state index in [-0.39, 0.29) is 0 Å². The lowest BCUT2D eigenvalue weighted by Gasteiger charge is -1.98. The van der Waals surface area contributed by atoms with E-state index in [1.54, 1.807) is 12.1 Å². The number of hydrogen-bond donors (Lipinski definition) is 1. The summed E-state index contributed by atoms with van der Waals surface area (Å²) in [5, 5.41) is 3.91. The van der Waals surface area contributed by atoms with Crippen LogP contribution in [0.3, 0.4) is 0 Å². The van der Waals surface area contributed by atoms with Crippen LogP contribution in [0.15, 0.2) is 23.5 Å². The van der Waals surface area contributed by atoms with E-state index in [9.17, 15) is 0 Å². The maximum Gasteiger partial charge on any atom is 0.0856 e. The summed E-state index contributed by atoms with van der Waals surface area (Å²) in [6.07, 6.45) is 5.82. The van der Waals surface area contributed by atoms with Crippen molar-refractivity contribution in [2.45, 2.75) is 6.42 Å². The molecule has 1 heterocycles. The van der Waals surface area contributed by atoms with Crippen molar-refractivity contribution in [2.24, 2.45) is 5.11 Å². The van der Waals surface area contributed by atoms with Crippen molar-refractivity contribution in [1.82, 2.24) is 4.98 Å². The summed E-state index contributed by atoms with van der Waals surface area (Å²) in [6.45, 7) is 0.431. The molecule has 0 aliphatic carbocycles. The molecular weight excluding hydrogens is 214 g/mol. The molecule has 0 spiro atoms. The maximum atomic E-state index is 8.04. The highest BCUT2D eigenvalue weighted by Crippen LogP contribution is 2.16. The minimum Gasteiger partial charge on any atom is -0.397 e. The predicted octanol–water partition coefficient (Wildman–Crippen LogP) is 3.03. The number of nitrogens with zero attached hydrogens (tertiary/aromatic N) is 4. The molecule has 0 saturated carbocycles. The highest BCUT2D eigenvalue weighted by atomic mass is 35.5. The number of nitrogens with two attached hydrogens (primary N) is 1. The van der Waals surface area contributed by atoms with Gasteiger partial charge in [-0.25, -0.2) is 0 Å². The number of nitrogen functional groups attached to an aromatic ring is 1. The Balaban J connectivity index is 2.60. The molecule has 15 heavy (non-hydrogen) atoms. The molecule has 0 aliphatic heterocycles. The van der Waals surface area contributed by atoms with Crippen LogP contribution >= 0.6 is 11.6 Å². The van der Waals surface area contributed by atoms with Crippen LogP contribution < -0.4 is 5.73 Å². The van der Waals surface area contributed by atoms with Crippen LogP contribution in [0, 0.1) is 0 Å². The fraction of sp³-hybridized carbons (Fsp3) is 0.222. The number of rotatable bonds is 4. The van der Waals surface area contributed by atoms with E-state index in [2.05, 4.69) is 15.0 Å². The van der Waals surface area contributed by atoms with E-state index in [4.69, 9.17) is 22.9 Å². The summed E-state index contributed by atoms with van der Waals surface area (Å²) < 4.78 is 0. The zero-order chi connectivity index (χ0) is 11.1. The smallest absolute Gasteiger partial charge is 0.0856 e. The zero-order valence-corrected chi connectivity index (χ0v) is 8.72. The zero-order valence-electron chi connectivity index (χ0n) is 7.97. The average molecular weight is 224 g/mol. The number of hydrogen-bond acceptors (Lipinski definition) is 3. The molecule has 78 valence electrons. The van der Waals surface area contributed by atoms with Crippen molar-refractivity contribution in [3.63, 3.8) is 0 Å². The average Bonchev–Trinajstić information content (AvgIpc) is 2.20. The molecular formula is C9H10ClN5. The fourth-order valence-corrected chi connectivity index (χ4v) is 1.14. The lowest BCUT2D eigenvalue weighted by Crippen LogP contribution is -1.92. The molecule has 6 heteroatoms. The molecule has 0 bridgehead atoms. The van der Waals surface area contributed by atoms with Gasteiger partial charge in [-0.2, -0.15) is 0 Å². The molecule has 1 rings (SSSR count). The van der Waals surface area contributed by atoms with Gasteiger partial charge < -0.3 is 5.73 Å². The van der Waals surface area contributed by atoms with Crippen molar-refractivity contribution in [2.75, 3.05) is 12.3 Å². The molecule has 5 nitrogen and oxygen atoms in total. The van der Waals surface area contributed by atoms with Crippen LogP contribution in [0.1, 0.15) is 12.1 Å². The Labute approximate surface area is 92.2 Å². The normalized spacial score (nSPS) is 10.2. The number of halogens is 1. The second kappa shape index (κ2) is 5.90. The van der Waals surface area contributed by atoms with Crippen LogP contribution in [0.2, 0.25) is 5.02 Å². The first-order valence-electron chi connectivity index (χ1n) is 4.32.